The second kappa shape index (κ2) is 23.6. The molecule has 298 valence electrons. The Balaban J connectivity index is 1.72. The maximum atomic E-state index is 13.6. The molecule has 12 atom stereocenters. The molecule has 1 aromatic rings. The Kier molecular flexibility index (Phi) is 20.0. The van der Waals surface area contributed by atoms with Gasteiger partial charge < -0.3 is 54.5 Å². The van der Waals surface area contributed by atoms with Crippen LogP contribution < -0.4 is 5.32 Å². The number of aliphatic hydroxyl groups excluding tert-OH is 5. The molecular weight excluding hydrogens is 674 g/mol. The molecule has 2 aliphatic rings. The highest BCUT2D eigenvalue weighted by atomic mass is 16.8. The van der Waals surface area contributed by atoms with Crippen molar-refractivity contribution in [2.24, 2.45) is 0 Å². The van der Waals surface area contributed by atoms with Gasteiger partial charge in [0.2, 0.25) is 5.91 Å². The third-order valence-electron chi connectivity index (χ3n) is 9.91. The van der Waals surface area contributed by atoms with Gasteiger partial charge in [0.1, 0.15) is 42.7 Å². The Labute approximate surface area is 309 Å². The number of benzene rings is 1. The molecule has 6 N–H and O–H groups in total. The number of hydrogen-bond acceptors (Lipinski definition) is 12. The number of unbranched alkanes of at least 4 members (excludes halogenated alkanes) is 8. The zero-order chi connectivity index (χ0) is 38.0. The Morgan fingerprint density at radius 2 is 1.25 bits per heavy atom. The molecule has 2 aliphatic heterocycles. The van der Waals surface area contributed by atoms with Crippen molar-refractivity contribution in [3.63, 3.8) is 0 Å². The number of nitrogens with one attached hydrogen (secondary N) is 1. The van der Waals surface area contributed by atoms with Crippen LogP contribution in [0.4, 0.5) is 0 Å². The van der Waals surface area contributed by atoms with Crippen LogP contribution >= 0.6 is 0 Å². The fraction of sp³-hybridized carbons (Fsp3) is 0.795. The summed E-state index contributed by atoms with van der Waals surface area (Å²) in [6, 6.07) is 9.58. The first-order chi connectivity index (χ1) is 24.9. The minimum Gasteiger partial charge on any atom is -0.462 e. The van der Waals surface area contributed by atoms with Gasteiger partial charge in [-0.3, -0.25) is 9.59 Å². The molecule has 0 bridgehead atoms. The molecule has 2 heterocycles. The molecule has 1 aromatic carbocycles. The van der Waals surface area contributed by atoms with Gasteiger partial charge in [-0.25, -0.2) is 0 Å². The van der Waals surface area contributed by atoms with E-state index in [-0.39, 0.29) is 18.7 Å². The zero-order valence-electron chi connectivity index (χ0n) is 31.5. The van der Waals surface area contributed by atoms with E-state index in [1.54, 1.807) is 6.92 Å². The van der Waals surface area contributed by atoms with E-state index < -0.39 is 79.6 Å². The van der Waals surface area contributed by atoms with Gasteiger partial charge in [0.05, 0.1) is 31.2 Å². The van der Waals surface area contributed by atoms with Crippen LogP contribution in [0, 0.1) is 0 Å². The molecule has 0 aromatic heterocycles. The number of aliphatic hydroxyl groups is 5. The quantitative estimate of drug-likeness (QED) is 0.0704. The summed E-state index contributed by atoms with van der Waals surface area (Å²) in [4.78, 5) is 26.5. The Morgan fingerprint density at radius 1 is 0.692 bits per heavy atom. The number of amides is 1. The SMILES string of the molecule is CCCCCCC[C@H](CC(=O)NCc1ccccc1)OC(=O)C[C@@H](CCCCCCC)O[C@@H]1O[C@@H](C)[C@H](O)[C@@H](O)[C@H]1O[C@@H]1O[C@@H](C)[C@H](O)[C@@H](O)[C@H]1O. The smallest absolute Gasteiger partial charge is 0.308 e. The second-order valence-corrected chi connectivity index (χ2v) is 14.4. The first kappa shape index (κ1) is 44.2. The summed E-state index contributed by atoms with van der Waals surface area (Å²) in [5, 5.41) is 55.7. The highest BCUT2D eigenvalue weighted by Crippen LogP contribution is 2.31. The first-order valence-electron chi connectivity index (χ1n) is 19.5. The van der Waals surface area contributed by atoms with Gasteiger partial charge in [0.25, 0.3) is 0 Å². The first-order valence-corrected chi connectivity index (χ1v) is 19.5. The van der Waals surface area contributed by atoms with Crippen molar-refractivity contribution >= 4 is 11.9 Å². The van der Waals surface area contributed by atoms with Gasteiger partial charge in [0.15, 0.2) is 12.6 Å². The normalized spacial score (nSPS) is 30.4. The van der Waals surface area contributed by atoms with E-state index in [1.807, 2.05) is 30.3 Å². The van der Waals surface area contributed by atoms with Crippen LogP contribution in [-0.2, 0) is 39.8 Å². The van der Waals surface area contributed by atoms with Crippen LogP contribution in [-0.4, -0.2) is 111 Å². The predicted molar refractivity (Wildman–Crippen MR) is 193 cm³/mol. The molecule has 0 aliphatic carbocycles. The largest absolute Gasteiger partial charge is 0.462 e. The molecule has 13 nitrogen and oxygen atoms in total. The molecular formula is C39H65NO12. The highest BCUT2D eigenvalue weighted by molar-refractivity contribution is 5.77. The number of hydrogen-bond donors (Lipinski definition) is 6. The topological polar surface area (TPSA) is 193 Å². The van der Waals surface area contributed by atoms with E-state index in [2.05, 4.69) is 19.2 Å². The number of carbonyl (C=O) groups excluding carboxylic acids is 2. The van der Waals surface area contributed by atoms with E-state index >= 15 is 0 Å². The van der Waals surface area contributed by atoms with E-state index in [0.29, 0.717) is 19.4 Å². The Bertz CT molecular complexity index is 1140. The molecule has 0 unspecified atom stereocenters. The summed E-state index contributed by atoms with van der Waals surface area (Å²) in [6.45, 7) is 7.70. The summed E-state index contributed by atoms with van der Waals surface area (Å²) in [7, 11) is 0. The van der Waals surface area contributed by atoms with Crippen molar-refractivity contribution in [3.8, 4) is 0 Å². The molecule has 52 heavy (non-hydrogen) atoms. The van der Waals surface area contributed by atoms with Gasteiger partial charge in [-0.05, 0) is 38.7 Å². The van der Waals surface area contributed by atoms with Crippen LogP contribution in [0.3, 0.4) is 0 Å². The lowest BCUT2D eigenvalue weighted by Crippen LogP contribution is -2.63. The fourth-order valence-corrected chi connectivity index (χ4v) is 6.59. The van der Waals surface area contributed by atoms with Crippen molar-refractivity contribution in [3.05, 3.63) is 35.9 Å². The summed E-state index contributed by atoms with van der Waals surface area (Å²) < 4.78 is 29.8. The van der Waals surface area contributed by atoms with E-state index in [4.69, 9.17) is 23.7 Å². The van der Waals surface area contributed by atoms with Crippen LogP contribution in [0.25, 0.3) is 0 Å². The van der Waals surface area contributed by atoms with Gasteiger partial charge in [0, 0.05) is 6.54 Å². The van der Waals surface area contributed by atoms with Crippen molar-refractivity contribution in [2.75, 3.05) is 0 Å². The van der Waals surface area contributed by atoms with Gasteiger partial charge in [-0.2, -0.15) is 0 Å². The third kappa shape index (κ3) is 14.6. The lowest BCUT2D eigenvalue weighted by Gasteiger charge is -2.46. The Hall–Kier alpha value is -2.20. The van der Waals surface area contributed by atoms with Crippen molar-refractivity contribution < 1.29 is 58.8 Å². The molecule has 3 rings (SSSR count). The molecule has 0 saturated carbocycles. The van der Waals surface area contributed by atoms with Crippen LogP contribution in [0.5, 0.6) is 0 Å². The van der Waals surface area contributed by atoms with Crippen molar-refractivity contribution in [1.29, 1.82) is 0 Å². The molecule has 0 spiro atoms. The Morgan fingerprint density at radius 3 is 1.87 bits per heavy atom. The van der Waals surface area contributed by atoms with E-state index in [9.17, 15) is 35.1 Å². The number of carbonyl (C=O) groups is 2. The van der Waals surface area contributed by atoms with Crippen LogP contribution in [0.15, 0.2) is 30.3 Å². The predicted octanol–water partition coefficient (Wildman–Crippen LogP) is 3.78. The maximum Gasteiger partial charge on any atom is 0.308 e. The molecule has 13 heteroatoms. The van der Waals surface area contributed by atoms with Crippen molar-refractivity contribution in [2.45, 2.75) is 198 Å². The number of esters is 1. The monoisotopic (exact) mass is 739 g/mol. The molecule has 2 saturated heterocycles. The highest BCUT2D eigenvalue weighted by Gasteiger charge is 2.50. The minimum atomic E-state index is -1.66. The second-order valence-electron chi connectivity index (χ2n) is 14.4. The molecule has 2 fully saturated rings. The zero-order valence-corrected chi connectivity index (χ0v) is 31.5. The number of ether oxygens (including phenoxy) is 5. The van der Waals surface area contributed by atoms with Crippen molar-refractivity contribution in [1.82, 2.24) is 5.32 Å². The fourth-order valence-electron chi connectivity index (χ4n) is 6.59. The van der Waals surface area contributed by atoms with Gasteiger partial charge in [-0.1, -0.05) is 102 Å². The van der Waals surface area contributed by atoms with E-state index in [0.717, 1.165) is 69.8 Å². The summed E-state index contributed by atoms with van der Waals surface area (Å²) in [5.74, 6) is -0.748. The summed E-state index contributed by atoms with van der Waals surface area (Å²) >= 11 is 0. The lowest BCUT2D eigenvalue weighted by molar-refractivity contribution is -0.366. The van der Waals surface area contributed by atoms with Crippen LogP contribution in [0.1, 0.15) is 123 Å². The minimum absolute atomic E-state index is 0.0286. The standard InChI is InChI=1S/C39H65NO12/c1-5-7-9-11-16-20-28(22-30(41)40-24-27-18-14-13-15-19-27)50-31(42)23-29(21-17-12-10-8-6-2)51-39-37(35(46)33(44)26(4)49-39)52-38-36(47)34(45)32(43)25(3)48-38/h13-15,18-19,25-26,28-29,32-39,43-47H,5-12,16-17,20-24H2,1-4H3,(H,40,41)/t25-,26-,28+,29+,32-,33-,34+,35+,36+,37+,38-,39-/m0/s1. The summed E-state index contributed by atoms with van der Waals surface area (Å²) in [6.07, 6.45) is -4.05. The van der Waals surface area contributed by atoms with Crippen LogP contribution in [0.2, 0.25) is 0 Å². The number of rotatable bonds is 23. The summed E-state index contributed by atoms with van der Waals surface area (Å²) in [5.41, 5.74) is 0.967. The molecule has 1 amide bonds. The average Bonchev–Trinajstić information content (AvgIpc) is 3.12. The van der Waals surface area contributed by atoms with E-state index in [1.165, 1.54) is 6.92 Å². The maximum absolute atomic E-state index is 13.6. The average molecular weight is 740 g/mol. The van der Waals surface area contributed by atoms with Gasteiger partial charge in [-0.15, -0.1) is 0 Å². The lowest BCUT2D eigenvalue weighted by atomic mass is 9.97. The van der Waals surface area contributed by atoms with Gasteiger partial charge >= 0.3 is 5.97 Å². The third-order valence-corrected chi connectivity index (χ3v) is 9.91. The molecule has 0 radical (unpaired) electrons.